The molecule has 29 heavy (non-hydrogen) atoms. The maximum Gasteiger partial charge on any atom is 0.314 e. The molecule has 2 heterocycles. The molecule has 2 aromatic rings. The first kappa shape index (κ1) is 20.8. The summed E-state index contributed by atoms with van der Waals surface area (Å²) < 4.78 is 10.1. The van der Waals surface area contributed by atoms with Gasteiger partial charge in [0.2, 0.25) is 5.91 Å². The SMILES string of the molecule is CCOC(=O)[C@@]1(C/C=C/c2ccccc2)CCCN(C(=O)Cc2nonc2C)C1. The number of carbonyl (C=O) groups excluding carboxylic acids is 2. The average Bonchev–Trinajstić information content (AvgIpc) is 3.13. The van der Waals surface area contributed by atoms with Crippen LogP contribution in [0, 0.1) is 12.3 Å². The molecule has 154 valence electrons. The van der Waals surface area contributed by atoms with E-state index in [-0.39, 0.29) is 18.3 Å². The van der Waals surface area contributed by atoms with Crippen LogP contribution in [0.3, 0.4) is 0 Å². The Hall–Kier alpha value is -2.96. The Balaban J connectivity index is 1.74. The largest absolute Gasteiger partial charge is 0.466 e. The zero-order valence-corrected chi connectivity index (χ0v) is 17.0. The summed E-state index contributed by atoms with van der Waals surface area (Å²) >= 11 is 0. The van der Waals surface area contributed by atoms with E-state index in [0.717, 1.165) is 12.0 Å². The average molecular weight is 397 g/mol. The molecule has 1 amide bonds. The Morgan fingerprint density at radius 1 is 1.28 bits per heavy atom. The van der Waals surface area contributed by atoms with E-state index in [9.17, 15) is 9.59 Å². The number of aromatic nitrogens is 2. The molecule has 1 atom stereocenters. The van der Waals surface area contributed by atoms with E-state index in [0.29, 0.717) is 43.9 Å². The Morgan fingerprint density at radius 2 is 2.07 bits per heavy atom. The lowest BCUT2D eigenvalue weighted by atomic mass is 9.76. The van der Waals surface area contributed by atoms with Crippen LogP contribution < -0.4 is 0 Å². The number of piperidine rings is 1. The van der Waals surface area contributed by atoms with Crippen molar-refractivity contribution in [3.63, 3.8) is 0 Å². The summed E-state index contributed by atoms with van der Waals surface area (Å²) in [7, 11) is 0. The van der Waals surface area contributed by atoms with Crippen molar-refractivity contribution >= 4 is 18.0 Å². The first-order valence-corrected chi connectivity index (χ1v) is 9.99. The van der Waals surface area contributed by atoms with Crippen LogP contribution in [0.4, 0.5) is 0 Å². The zero-order valence-electron chi connectivity index (χ0n) is 17.0. The van der Waals surface area contributed by atoms with Gasteiger partial charge < -0.3 is 9.64 Å². The first-order chi connectivity index (χ1) is 14.0. The zero-order chi connectivity index (χ0) is 20.7. The molecule has 0 radical (unpaired) electrons. The maximum atomic E-state index is 12.9. The van der Waals surface area contributed by atoms with Gasteiger partial charge in [0.05, 0.1) is 18.4 Å². The summed E-state index contributed by atoms with van der Waals surface area (Å²) in [5.41, 5.74) is 1.49. The number of benzene rings is 1. The predicted octanol–water partition coefficient (Wildman–Crippen LogP) is 3.20. The van der Waals surface area contributed by atoms with E-state index in [4.69, 9.17) is 4.74 Å². The molecule has 1 aromatic heterocycles. The second kappa shape index (κ2) is 9.49. The normalized spacial score (nSPS) is 19.4. The van der Waals surface area contributed by atoms with Gasteiger partial charge in [0, 0.05) is 13.1 Å². The van der Waals surface area contributed by atoms with Crippen LogP contribution in [0.1, 0.15) is 43.1 Å². The molecule has 7 heteroatoms. The number of amides is 1. The third-order valence-corrected chi connectivity index (χ3v) is 5.32. The molecule has 1 aromatic carbocycles. The number of esters is 1. The fraction of sp³-hybridized carbons (Fsp3) is 0.455. The molecule has 0 aliphatic carbocycles. The van der Waals surface area contributed by atoms with Crippen molar-refractivity contribution in [2.45, 2.75) is 39.5 Å². The molecule has 0 bridgehead atoms. The molecule has 0 saturated carbocycles. The number of hydrogen-bond donors (Lipinski definition) is 0. The molecule has 1 fully saturated rings. The number of carbonyl (C=O) groups is 2. The third kappa shape index (κ3) is 5.10. The topological polar surface area (TPSA) is 85.5 Å². The number of likely N-dealkylation sites (tertiary alicyclic amines) is 1. The van der Waals surface area contributed by atoms with Crippen LogP contribution >= 0.6 is 0 Å². The number of nitrogens with zero attached hydrogens (tertiary/aromatic N) is 3. The van der Waals surface area contributed by atoms with Gasteiger partial charge in [-0.25, -0.2) is 4.63 Å². The van der Waals surface area contributed by atoms with Crippen molar-refractivity contribution in [1.29, 1.82) is 0 Å². The van der Waals surface area contributed by atoms with E-state index < -0.39 is 5.41 Å². The summed E-state index contributed by atoms with van der Waals surface area (Å²) in [5.74, 6) is -0.321. The molecular formula is C22H27N3O4. The predicted molar refractivity (Wildman–Crippen MR) is 108 cm³/mol. The Bertz CT molecular complexity index is 862. The second-order valence-electron chi connectivity index (χ2n) is 7.41. The molecule has 1 aliphatic rings. The number of allylic oxidation sites excluding steroid dienone is 1. The summed E-state index contributed by atoms with van der Waals surface area (Å²) in [6.07, 6.45) is 6.10. The van der Waals surface area contributed by atoms with Crippen molar-refractivity contribution in [2.75, 3.05) is 19.7 Å². The lowest BCUT2D eigenvalue weighted by Crippen LogP contribution is -2.50. The minimum Gasteiger partial charge on any atom is -0.466 e. The highest BCUT2D eigenvalue weighted by molar-refractivity contribution is 5.82. The van der Waals surface area contributed by atoms with Gasteiger partial charge in [-0.1, -0.05) is 52.8 Å². The van der Waals surface area contributed by atoms with Gasteiger partial charge in [0.25, 0.3) is 0 Å². The molecule has 7 nitrogen and oxygen atoms in total. The summed E-state index contributed by atoms with van der Waals surface area (Å²) in [5, 5.41) is 7.52. The quantitative estimate of drug-likeness (QED) is 0.667. The Morgan fingerprint density at radius 3 is 2.76 bits per heavy atom. The van der Waals surface area contributed by atoms with Gasteiger partial charge in [-0.2, -0.15) is 0 Å². The maximum absolute atomic E-state index is 12.9. The minimum absolute atomic E-state index is 0.0794. The van der Waals surface area contributed by atoms with Crippen molar-refractivity contribution in [1.82, 2.24) is 15.2 Å². The standard InChI is InChI=1S/C22H27N3O4/c1-3-28-21(27)22(12-7-11-18-9-5-4-6-10-18)13-8-14-25(16-22)20(26)15-19-17(2)23-29-24-19/h4-7,9-11H,3,8,12-16H2,1-2H3/b11-7+/t22-/m0/s1. The van der Waals surface area contributed by atoms with E-state index in [1.54, 1.807) is 18.7 Å². The molecule has 0 spiro atoms. The monoisotopic (exact) mass is 397 g/mol. The highest BCUT2D eigenvalue weighted by Gasteiger charge is 2.43. The molecule has 0 N–H and O–H groups in total. The van der Waals surface area contributed by atoms with Crippen LogP contribution in [0.5, 0.6) is 0 Å². The lowest BCUT2D eigenvalue weighted by Gasteiger charge is -2.40. The molecule has 3 rings (SSSR count). The second-order valence-corrected chi connectivity index (χ2v) is 7.41. The molecular weight excluding hydrogens is 370 g/mol. The minimum atomic E-state index is -0.730. The van der Waals surface area contributed by atoms with Crippen LogP contribution in [0.25, 0.3) is 6.08 Å². The summed E-state index contributed by atoms with van der Waals surface area (Å²) in [6.45, 7) is 4.84. The number of ether oxygens (including phenoxy) is 1. The van der Waals surface area contributed by atoms with Crippen molar-refractivity contribution < 1.29 is 19.0 Å². The third-order valence-electron chi connectivity index (χ3n) is 5.32. The van der Waals surface area contributed by atoms with Gasteiger partial charge in [-0.05, 0) is 38.7 Å². The van der Waals surface area contributed by atoms with Crippen LogP contribution in [-0.4, -0.2) is 46.8 Å². The fourth-order valence-electron chi connectivity index (χ4n) is 3.70. The van der Waals surface area contributed by atoms with E-state index in [2.05, 4.69) is 14.9 Å². The van der Waals surface area contributed by atoms with E-state index >= 15 is 0 Å². The number of hydrogen-bond acceptors (Lipinski definition) is 6. The summed E-state index contributed by atoms with van der Waals surface area (Å²) in [4.78, 5) is 27.4. The highest BCUT2D eigenvalue weighted by Crippen LogP contribution is 2.36. The van der Waals surface area contributed by atoms with Gasteiger partial charge in [0.1, 0.15) is 11.4 Å². The van der Waals surface area contributed by atoms with Gasteiger partial charge in [-0.3, -0.25) is 9.59 Å². The van der Waals surface area contributed by atoms with E-state index in [1.165, 1.54) is 0 Å². The smallest absolute Gasteiger partial charge is 0.314 e. The van der Waals surface area contributed by atoms with Gasteiger partial charge in [0.15, 0.2) is 0 Å². The lowest BCUT2D eigenvalue weighted by molar-refractivity contribution is -0.160. The van der Waals surface area contributed by atoms with E-state index in [1.807, 2.05) is 42.5 Å². The van der Waals surface area contributed by atoms with Gasteiger partial charge >= 0.3 is 5.97 Å². The van der Waals surface area contributed by atoms with Crippen molar-refractivity contribution in [3.05, 3.63) is 53.4 Å². The molecule has 1 saturated heterocycles. The van der Waals surface area contributed by atoms with Crippen LogP contribution in [0.15, 0.2) is 41.0 Å². The van der Waals surface area contributed by atoms with Crippen molar-refractivity contribution in [2.24, 2.45) is 5.41 Å². The highest BCUT2D eigenvalue weighted by atomic mass is 16.6. The first-order valence-electron chi connectivity index (χ1n) is 9.99. The Kier molecular flexibility index (Phi) is 6.80. The summed E-state index contributed by atoms with van der Waals surface area (Å²) in [6, 6.07) is 9.94. The van der Waals surface area contributed by atoms with Crippen LogP contribution in [-0.2, 0) is 20.7 Å². The number of aryl methyl sites for hydroxylation is 1. The fourth-order valence-corrected chi connectivity index (χ4v) is 3.70. The van der Waals surface area contributed by atoms with Crippen molar-refractivity contribution in [3.8, 4) is 0 Å². The van der Waals surface area contributed by atoms with Gasteiger partial charge in [-0.15, -0.1) is 0 Å². The van der Waals surface area contributed by atoms with Crippen LogP contribution in [0.2, 0.25) is 0 Å². The molecule has 1 aliphatic heterocycles. The Labute approximate surface area is 170 Å². The number of rotatable bonds is 7. The molecule has 0 unspecified atom stereocenters.